The predicted molar refractivity (Wildman–Crippen MR) is 87.6 cm³/mol. The summed E-state index contributed by atoms with van der Waals surface area (Å²) < 4.78 is 26.1. The number of hydrogen-bond acceptors (Lipinski definition) is 2. The number of hydrogen-bond donors (Lipinski definition) is 1. The molecule has 6 heteroatoms. The molecule has 1 unspecified atom stereocenters. The first-order valence-corrected chi connectivity index (χ1v) is 8.08. The van der Waals surface area contributed by atoms with Gasteiger partial charge in [-0.15, -0.1) is 12.4 Å². The second kappa shape index (κ2) is 8.06. The normalized spacial score (nSPS) is 22.0. The van der Waals surface area contributed by atoms with Gasteiger partial charge in [-0.2, -0.15) is 0 Å². The highest BCUT2D eigenvalue weighted by Crippen LogP contribution is 2.26. The van der Waals surface area contributed by atoms with Crippen molar-refractivity contribution in [2.24, 2.45) is 5.92 Å². The van der Waals surface area contributed by atoms with E-state index in [1.54, 1.807) is 0 Å². The van der Waals surface area contributed by atoms with Gasteiger partial charge in [0.25, 0.3) is 0 Å². The summed E-state index contributed by atoms with van der Waals surface area (Å²) in [6.45, 7) is 2.65. The Hall–Kier alpha value is -1.20. The van der Waals surface area contributed by atoms with Gasteiger partial charge in [-0.1, -0.05) is 6.07 Å². The van der Waals surface area contributed by atoms with Crippen LogP contribution in [0.15, 0.2) is 18.2 Å². The third kappa shape index (κ3) is 4.42. The molecule has 1 amide bonds. The summed E-state index contributed by atoms with van der Waals surface area (Å²) in [6, 6.07) is 4.28. The summed E-state index contributed by atoms with van der Waals surface area (Å²) in [6.07, 6.45) is 4.69. The molecule has 1 aromatic carbocycles. The van der Waals surface area contributed by atoms with Gasteiger partial charge in [0.15, 0.2) is 11.6 Å². The van der Waals surface area contributed by atoms with E-state index in [1.165, 1.54) is 18.9 Å². The zero-order valence-corrected chi connectivity index (χ0v) is 13.9. The van der Waals surface area contributed by atoms with Gasteiger partial charge < -0.3 is 10.2 Å². The lowest BCUT2D eigenvalue weighted by molar-refractivity contribution is -0.132. The fraction of sp³-hybridized carbons (Fsp3) is 0.588. The zero-order valence-electron chi connectivity index (χ0n) is 13.1. The van der Waals surface area contributed by atoms with E-state index in [0.717, 1.165) is 44.6 Å². The second-order valence-corrected chi connectivity index (χ2v) is 6.35. The van der Waals surface area contributed by atoms with Crippen LogP contribution in [0.25, 0.3) is 0 Å². The maximum Gasteiger partial charge on any atom is 0.226 e. The zero-order chi connectivity index (χ0) is 15.5. The van der Waals surface area contributed by atoms with Crippen molar-refractivity contribution in [1.29, 1.82) is 0 Å². The maximum atomic E-state index is 13.2. The van der Waals surface area contributed by atoms with Gasteiger partial charge >= 0.3 is 0 Å². The van der Waals surface area contributed by atoms with E-state index in [-0.39, 0.29) is 24.7 Å². The third-order valence-electron chi connectivity index (χ3n) is 4.90. The van der Waals surface area contributed by atoms with E-state index < -0.39 is 11.6 Å². The fourth-order valence-electron chi connectivity index (χ4n) is 3.60. The van der Waals surface area contributed by atoms with Crippen LogP contribution in [0.2, 0.25) is 0 Å². The molecular weight excluding hydrogens is 322 g/mol. The number of carbonyl (C=O) groups excluding carboxylic acids is 1. The minimum atomic E-state index is -0.892. The Labute approximate surface area is 141 Å². The molecular formula is C17H23ClF2N2O. The lowest BCUT2D eigenvalue weighted by Crippen LogP contribution is -2.43. The number of nitrogens with one attached hydrogen (secondary N) is 1. The quantitative estimate of drug-likeness (QED) is 0.914. The van der Waals surface area contributed by atoms with E-state index in [4.69, 9.17) is 0 Å². The molecule has 0 saturated carbocycles. The Balaban J connectivity index is 0.00000192. The van der Waals surface area contributed by atoms with E-state index >= 15 is 0 Å². The van der Waals surface area contributed by atoms with Crippen LogP contribution < -0.4 is 5.32 Å². The second-order valence-electron chi connectivity index (χ2n) is 6.35. The lowest BCUT2D eigenvalue weighted by atomic mass is 9.88. The van der Waals surface area contributed by atoms with E-state index in [1.807, 2.05) is 4.90 Å². The summed E-state index contributed by atoms with van der Waals surface area (Å²) in [5, 5.41) is 3.54. The largest absolute Gasteiger partial charge is 0.342 e. The molecule has 2 fully saturated rings. The Bertz CT molecular complexity index is 541. The van der Waals surface area contributed by atoms with Gasteiger partial charge in [0.05, 0.1) is 6.42 Å². The molecule has 2 aliphatic heterocycles. The van der Waals surface area contributed by atoms with Gasteiger partial charge in [0.1, 0.15) is 0 Å². The number of piperidine rings is 1. The Morgan fingerprint density at radius 1 is 1.17 bits per heavy atom. The van der Waals surface area contributed by atoms with Crippen molar-refractivity contribution in [2.75, 3.05) is 19.6 Å². The van der Waals surface area contributed by atoms with Crippen LogP contribution in [0, 0.1) is 17.6 Å². The van der Waals surface area contributed by atoms with Crippen LogP contribution in [-0.2, 0) is 11.2 Å². The number of benzene rings is 1. The van der Waals surface area contributed by atoms with Gasteiger partial charge in [-0.05, 0) is 55.8 Å². The Morgan fingerprint density at radius 2 is 1.91 bits per heavy atom. The fourth-order valence-corrected chi connectivity index (χ4v) is 3.60. The van der Waals surface area contributed by atoms with Gasteiger partial charge in [0, 0.05) is 19.1 Å². The molecule has 0 bridgehead atoms. The highest BCUT2D eigenvalue weighted by molar-refractivity contribution is 5.85. The molecule has 1 atom stereocenters. The molecule has 0 radical (unpaired) electrons. The number of nitrogens with zero attached hydrogens (tertiary/aromatic N) is 1. The summed E-state index contributed by atoms with van der Waals surface area (Å²) in [5.41, 5.74) is 0.531. The van der Waals surface area contributed by atoms with E-state index in [9.17, 15) is 13.6 Å². The van der Waals surface area contributed by atoms with Crippen molar-refractivity contribution >= 4 is 18.3 Å². The number of halogens is 3. The lowest BCUT2D eigenvalue weighted by Gasteiger charge is -2.35. The summed E-state index contributed by atoms with van der Waals surface area (Å²) in [4.78, 5) is 14.1. The van der Waals surface area contributed by atoms with E-state index in [2.05, 4.69) is 5.32 Å². The molecule has 3 nitrogen and oxygen atoms in total. The standard InChI is InChI=1S/C17H22F2N2O.ClH/c18-14-4-3-12(10-15(14)19)11-17(22)21-8-5-13(6-9-21)16-2-1-7-20-16;/h3-4,10,13,16,20H,1-2,5-9,11H2;1H. The number of amides is 1. The molecule has 2 saturated heterocycles. The number of likely N-dealkylation sites (tertiary alicyclic amines) is 1. The van der Waals surface area contributed by atoms with Gasteiger partial charge in [-0.3, -0.25) is 4.79 Å². The van der Waals surface area contributed by atoms with E-state index in [0.29, 0.717) is 17.5 Å². The maximum absolute atomic E-state index is 13.2. The molecule has 0 aromatic heterocycles. The SMILES string of the molecule is Cl.O=C(Cc1ccc(F)c(F)c1)N1CCC(C2CCCN2)CC1. The van der Waals surface area contributed by atoms with Crippen LogP contribution in [0.4, 0.5) is 8.78 Å². The monoisotopic (exact) mass is 344 g/mol. The number of rotatable bonds is 3. The average molecular weight is 345 g/mol. The molecule has 1 aromatic rings. The third-order valence-corrected chi connectivity index (χ3v) is 4.90. The molecule has 0 aliphatic carbocycles. The highest BCUT2D eigenvalue weighted by Gasteiger charge is 2.29. The topological polar surface area (TPSA) is 32.3 Å². The first-order chi connectivity index (χ1) is 10.6. The van der Waals surface area contributed by atoms with Gasteiger partial charge in [0.2, 0.25) is 5.91 Å². The molecule has 23 heavy (non-hydrogen) atoms. The van der Waals surface area contributed by atoms with Crippen molar-refractivity contribution in [3.05, 3.63) is 35.4 Å². The van der Waals surface area contributed by atoms with Crippen molar-refractivity contribution in [3.8, 4) is 0 Å². The molecule has 1 N–H and O–H groups in total. The van der Waals surface area contributed by atoms with Crippen molar-refractivity contribution in [1.82, 2.24) is 10.2 Å². The average Bonchev–Trinajstić information content (AvgIpc) is 3.05. The van der Waals surface area contributed by atoms with Crippen molar-refractivity contribution < 1.29 is 13.6 Å². The Kier molecular flexibility index (Phi) is 6.36. The van der Waals surface area contributed by atoms with Crippen LogP contribution in [0.1, 0.15) is 31.2 Å². The first-order valence-electron chi connectivity index (χ1n) is 8.08. The minimum absolute atomic E-state index is 0. The molecule has 2 aliphatic rings. The van der Waals surface area contributed by atoms with Crippen molar-refractivity contribution in [3.63, 3.8) is 0 Å². The van der Waals surface area contributed by atoms with Crippen LogP contribution in [0.3, 0.4) is 0 Å². The molecule has 2 heterocycles. The first kappa shape index (κ1) is 18.1. The molecule has 128 valence electrons. The molecule has 3 rings (SSSR count). The molecule has 0 spiro atoms. The number of carbonyl (C=O) groups is 1. The predicted octanol–water partition coefficient (Wildman–Crippen LogP) is 2.92. The van der Waals surface area contributed by atoms with Gasteiger partial charge in [-0.25, -0.2) is 8.78 Å². The van der Waals surface area contributed by atoms with Crippen LogP contribution >= 0.6 is 12.4 Å². The summed E-state index contributed by atoms with van der Waals surface area (Å²) in [7, 11) is 0. The van der Waals surface area contributed by atoms with Crippen LogP contribution in [-0.4, -0.2) is 36.5 Å². The minimum Gasteiger partial charge on any atom is -0.342 e. The summed E-state index contributed by atoms with van der Waals surface area (Å²) in [5.74, 6) is -1.10. The summed E-state index contributed by atoms with van der Waals surface area (Å²) >= 11 is 0. The smallest absolute Gasteiger partial charge is 0.226 e. The Morgan fingerprint density at radius 3 is 2.52 bits per heavy atom. The van der Waals surface area contributed by atoms with Crippen molar-refractivity contribution in [2.45, 2.75) is 38.1 Å². The van der Waals surface area contributed by atoms with Crippen LogP contribution in [0.5, 0.6) is 0 Å². The highest BCUT2D eigenvalue weighted by atomic mass is 35.5.